The molecule has 0 radical (unpaired) electrons. The summed E-state index contributed by atoms with van der Waals surface area (Å²) in [5, 5.41) is 1.67. The van der Waals surface area contributed by atoms with E-state index in [9.17, 15) is 2.74 Å². The monoisotopic (exact) mass is 1160 g/mol. The van der Waals surface area contributed by atoms with Gasteiger partial charge in [-0.25, -0.2) is 4.98 Å². The molecule has 0 fully saturated rings. The van der Waals surface area contributed by atoms with Gasteiger partial charge in [0, 0.05) is 32.7 Å². The maximum atomic E-state index is 9.46. The zero-order valence-corrected chi connectivity index (χ0v) is 51.9. The number of hydrogen-bond donors (Lipinski definition) is 0. The first kappa shape index (κ1) is 43.9. The van der Waals surface area contributed by atoms with E-state index in [0.29, 0.717) is 33.8 Å². The minimum atomic E-state index is -2.80. The Labute approximate surface area is 538 Å². The van der Waals surface area contributed by atoms with Crippen molar-refractivity contribution in [2.75, 3.05) is 0 Å². The van der Waals surface area contributed by atoms with Crippen molar-refractivity contribution in [1.82, 2.24) is 14.1 Å². The SMILES string of the molecule is [2H]c1c([2H])c([2H])c(-c2cc(-c3cccc(C(C)(C)C)c3)c(-[n+]3[c-]n(-c4cccc(Oc5ccc6c7ccccc7n(-c7cc(C([2H])([2H])[2H])c(-c8c([2H])c([2H])c([2H])c([2H])c8[2H])cn7)c6c5)c4)c4cc(-c5ccc(C(C)(C)C)cc5)ccc43)c(-c3cc(C(C)(C)C)cc(C(C)(C)C)c3)c2)c([2H])c1[2H]. The zero-order chi connectivity index (χ0) is 72.6. The van der Waals surface area contributed by atoms with Gasteiger partial charge in [-0.2, -0.15) is 0 Å². The summed E-state index contributed by atoms with van der Waals surface area (Å²) in [4.78, 5) is 4.79. The molecule has 13 aromatic rings. The number of imidazole rings is 1. The minimum absolute atomic E-state index is 0.0766. The van der Waals surface area contributed by atoms with E-state index in [1.54, 1.807) is 0 Å². The lowest BCUT2D eigenvalue weighted by Gasteiger charge is -2.27. The average molecular weight is 1160 g/mol. The lowest BCUT2D eigenvalue weighted by atomic mass is 9.78. The molecule has 0 atom stereocenters. The third-order valence-corrected chi connectivity index (χ3v) is 16.7. The number of hydrogen-bond acceptors (Lipinski definition) is 2. The largest absolute Gasteiger partial charge is 0.458 e. The molecule has 0 aliphatic heterocycles. The van der Waals surface area contributed by atoms with E-state index in [-0.39, 0.29) is 61.8 Å². The summed E-state index contributed by atoms with van der Waals surface area (Å²) in [5.41, 5.74) is 12.9. The van der Waals surface area contributed by atoms with Crippen LogP contribution in [0.5, 0.6) is 11.5 Å². The van der Waals surface area contributed by atoms with Gasteiger partial charge in [-0.1, -0.05) is 247 Å². The summed E-state index contributed by atoms with van der Waals surface area (Å²) in [5.74, 6) is 1.14. The van der Waals surface area contributed by atoms with Crippen LogP contribution in [-0.4, -0.2) is 14.1 Å². The Morgan fingerprint density at radius 1 is 0.432 bits per heavy atom. The Bertz CT molecular complexity index is 5450. The highest BCUT2D eigenvalue weighted by atomic mass is 16.5. The highest BCUT2D eigenvalue weighted by Crippen LogP contribution is 2.44. The molecule has 0 bridgehead atoms. The van der Waals surface area contributed by atoms with Gasteiger partial charge in [0.1, 0.15) is 17.3 Å². The first-order valence-corrected chi connectivity index (χ1v) is 29.9. The molecule has 0 spiro atoms. The minimum Gasteiger partial charge on any atom is -0.458 e. The number of aryl methyl sites for hydroxylation is 1. The topological polar surface area (TPSA) is 35.9 Å². The molecule has 0 N–H and O–H groups in total. The van der Waals surface area contributed by atoms with Gasteiger partial charge in [0.15, 0.2) is 0 Å². The van der Waals surface area contributed by atoms with Crippen LogP contribution in [0.3, 0.4) is 0 Å². The van der Waals surface area contributed by atoms with E-state index >= 15 is 0 Å². The Kier molecular flexibility index (Phi) is 11.0. The summed E-state index contributed by atoms with van der Waals surface area (Å²) < 4.78 is 127. The molecule has 3 heterocycles. The second-order valence-electron chi connectivity index (χ2n) is 27.1. The number of pyridine rings is 1. The normalized spacial score (nSPS) is 14.6. The fourth-order valence-corrected chi connectivity index (χ4v) is 11.7. The van der Waals surface area contributed by atoms with Crippen LogP contribution in [0.25, 0.3) is 106 Å². The van der Waals surface area contributed by atoms with Crippen molar-refractivity contribution in [2.45, 2.75) is 112 Å². The van der Waals surface area contributed by atoms with Crippen LogP contribution in [0.2, 0.25) is 0 Å². The number of benzene rings is 10. The summed E-state index contributed by atoms with van der Waals surface area (Å²) >= 11 is 0. The quantitative estimate of drug-likeness (QED) is 0.101. The smallest absolute Gasteiger partial charge is 0.269 e. The van der Waals surface area contributed by atoms with Crippen LogP contribution in [0.1, 0.15) is 129 Å². The molecule has 13 rings (SSSR count). The van der Waals surface area contributed by atoms with Gasteiger partial charge in [-0.05, 0) is 167 Å². The van der Waals surface area contributed by atoms with Crippen molar-refractivity contribution in [1.29, 1.82) is 0 Å². The van der Waals surface area contributed by atoms with Gasteiger partial charge in [0.05, 0.1) is 47.1 Å². The van der Waals surface area contributed by atoms with Crippen LogP contribution < -0.4 is 9.30 Å². The van der Waals surface area contributed by atoms with E-state index in [0.717, 1.165) is 77.6 Å². The van der Waals surface area contributed by atoms with Crippen molar-refractivity contribution < 1.29 is 27.1 Å². The van der Waals surface area contributed by atoms with Crippen LogP contribution in [0.4, 0.5) is 0 Å². The van der Waals surface area contributed by atoms with Crippen molar-refractivity contribution in [3.8, 4) is 84.3 Å². The van der Waals surface area contributed by atoms with Gasteiger partial charge in [0.25, 0.3) is 6.33 Å². The third kappa shape index (κ3) is 11.0. The Morgan fingerprint density at radius 2 is 1.05 bits per heavy atom. The highest BCUT2D eigenvalue weighted by molar-refractivity contribution is 6.09. The Morgan fingerprint density at radius 3 is 1.73 bits per heavy atom. The first-order valence-electron chi connectivity index (χ1n) is 36.4. The predicted octanol–water partition coefficient (Wildman–Crippen LogP) is 21.8. The summed E-state index contributed by atoms with van der Waals surface area (Å²) in [6.45, 7) is 23.5. The molecular formula is C83H78N4O. The van der Waals surface area contributed by atoms with Gasteiger partial charge >= 0.3 is 0 Å². The molecule has 5 nitrogen and oxygen atoms in total. The third-order valence-electron chi connectivity index (χ3n) is 16.7. The van der Waals surface area contributed by atoms with E-state index in [2.05, 4.69) is 173 Å². The lowest BCUT2D eigenvalue weighted by Crippen LogP contribution is -2.31. The fraction of sp³-hybridized carbons (Fsp3) is 0.205. The van der Waals surface area contributed by atoms with E-state index in [1.807, 2.05) is 94.1 Å². The summed E-state index contributed by atoms with van der Waals surface area (Å²) in [7, 11) is 0. The van der Waals surface area contributed by atoms with Crippen molar-refractivity contribution in [3.05, 3.63) is 271 Å². The van der Waals surface area contributed by atoms with Crippen molar-refractivity contribution >= 4 is 32.8 Å². The predicted molar refractivity (Wildman–Crippen MR) is 369 cm³/mol. The van der Waals surface area contributed by atoms with E-state index < -0.39 is 55.2 Å². The molecule has 0 saturated heterocycles. The summed E-state index contributed by atoms with van der Waals surface area (Å²) in [6, 6.07) is 51.9. The number of aromatic nitrogens is 4. The Hall–Kier alpha value is -9.58. The van der Waals surface area contributed by atoms with E-state index in [4.69, 9.17) is 24.8 Å². The van der Waals surface area contributed by atoms with Crippen LogP contribution in [0, 0.1) is 13.2 Å². The molecule has 0 aliphatic rings. The van der Waals surface area contributed by atoms with Gasteiger partial charge in [0.2, 0.25) is 0 Å². The second-order valence-corrected chi connectivity index (χ2v) is 27.1. The van der Waals surface area contributed by atoms with Crippen molar-refractivity contribution in [2.24, 2.45) is 0 Å². The number of fused-ring (bicyclic) bond motifs is 4. The molecular weight excluding hydrogens is 1070 g/mol. The molecule has 3 aromatic heterocycles. The molecule has 0 saturated carbocycles. The zero-order valence-electron chi connectivity index (χ0n) is 64.9. The van der Waals surface area contributed by atoms with Crippen LogP contribution >= 0.6 is 0 Å². The lowest BCUT2D eigenvalue weighted by molar-refractivity contribution is -0.571. The highest BCUT2D eigenvalue weighted by Gasteiger charge is 2.27. The second kappa shape index (κ2) is 22.0. The molecule has 10 aromatic carbocycles. The Balaban J connectivity index is 1.05. The van der Waals surface area contributed by atoms with Crippen LogP contribution in [0.15, 0.2) is 236 Å². The average Bonchev–Trinajstić information content (AvgIpc) is 1.71. The maximum Gasteiger partial charge on any atom is 0.269 e. The molecule has 436 valence electrons. The fourth-order valence-electron chi connectivity index (χ4n) is 11.7. The molecule has 0 aliphatic carbocycles. The number of para-hydroxylation sites is 1. The molecule has 5 heteroatoms. The standard InChI is InChI=1S/C83H78N4O/c1-54-42-78(84-52-73(54)57-26-18-15-19-27-57)87-74-33-21-20-32-69(74)70-40-39-68(51-76(70)87)88-67-31-23-30-66(50-67)85-53-86(75-41-36-58(48-77(75)85)56-34-37-62(38-35-56)80(2,3)4)79-71(59-28-22-29-63(43-59)81(5,6)7)46-60(55-24-16-14-17-25-55)47-72(79)61-44-64(82(8,9)10)49-65(45-61)83(11,12)13/h14-52H,1-13H3/i1D3,14D,15D,16D,17D,18D,19D,24D,25D,26D,27D. The molecule has 0 unspecified atom stereocenters. The van der Waals surface area contributed by atoms with Gasteiger partial charge < -0.3 is 4.74 Å². The number of nitrogens with zero attached hydrogens (tertiary/aromatic N) is 4. The summed E-state index contributed by atoms with van der Waals surface area (Å²) in [6.07, 6.45) is 5.18. The molecule has 0 amide bonds. The number of rotatable bonds is 10. The maximum absolute atomic E-state index is 9.46. The molecule has 88 heavy (non-hydrogen) atoms. The first-order chi connectivity index (χ1) is 47.4. The van der Waals surface area contributed by atoms with E-state index in [1.165, 1.54) is 17.8 Å². The van der Waals surface area contributed by atoms with Crippen LogP contribution in [-0.2, 0) is 21.7 Å². The number of ether oxygens (including phenoxy) is 1. The van der Waals surface area contributed by atoms with Crippen molar-refractivity contribution in [3.63, 3.8) is 0 Å². The van der Waals surface area contributed by atoms with Gasteiger partial charge in [-0.15, -0.1) is 0 Å². The van der Waals surface area contributed by atoms with Gasteiger partial charge in [-0.3, -0.25) is 13.7 Å².